The van der Waals surface area contributed by atoms with E-state index in [1.165, 1.54) is 6.20 Å². The summed E-state index contributed by atoms with van der Waals surface area (Å²) in [4.78, 5) is 33.1. The zero-order valence-electron chi connectivity index (χ0n) is 12.7. The molecule has 0 radical (unpaired) electrons. The van der Waals surface area contributed by atoms with Gasteiger partial charge in [0.15, 0.2) is 0 Å². The predicted octanol–water partition coefficient (Wildman–Crippen LogP) is 1.61. The van der Waals surface area contributed by atoms with E-state index in [0.717, 1.165) is 25.2 Å². The Morgan fingerprint density at radius 1 is 1.50 bits per heavy atom. The van der Waals surface area contributed by atoms with E-state index in [-0.39, 0.29) is 22.9 Å². The van der Waals surface area contributed by atoms with E-state index in [9.17, 15) is 9.59 Å². The summed E-state index contributed by atoms with van der Waals surface area (Å²) >= 11 is 0. The molecule has 0 unspecified atom stereocenters. The number of aryl methyl sites for hydroxylation is 1. The minimum atomic E-state index is -0.329. The summed E-state index contributed by atoms with van der Waals surface area (Å²) in [6.45, 7) is 4.26. The first-order chi connectivity index (χ1) is 10.7. The average molecular weight is 300 g/mol. The second kappa shape index (κ2) is 6.17. The molecule has 1 N–H and O–H groups in total. The smallest absolute Gasteiger partial charge is 0.260 e. The van der Waals surface area contributed by atoms with Crippen molar-refractivity contribution in [2.75, 3.05) is 13.1 Å². The highest BCUT2D eigenvalue weighted by Crippen LogP contribution is 2.26. The summed E-state index contributed by atoms with van der Waals surface area (Å²) in [5, 5.41) is 0. The van der Waals surface area contributed by atoms with Gasteiger partial charge < -0.3 is 14.5 Å². The Morgan fingerprint density at radius 2 is 2.36 bits per heavy atom. The van der Waals surface area contributed by atoms with Gasteiger partial charge in [-0.2, -0.15) is 0 Å². The van der Waals surface area contributed by atoms with Gasteiger partial charge >= 0.3 is 0 Å². The number of pyridine rings is 1. The van der Waals surface area contributed by atoms with Gasteiger partial charge in [-0.25, -0.2) is 4.98 Å². The van der Waals surface area contributed by atoms with Crippen LogP contribution in [0.4, 0.5) is 0 Å². The lowest BCUT2D eigenvalue weighted by molar-refractivity contribution is 0.0701. The van der Waals surface area contributed by atoms with E-state index in [4.69, 9.17) is 0 Å². The Labute approximate surface area is 128 Å². The van der Waals surface area contributed by atoms with Crippen LogP contribution in [0.3, 0.4) is 0 Å². The maximum absolute atomic E-state index is 12.6. The van der Waals surface area contributed by atoms with E-state index < -0.39 is 0 Å². The Balaban J connectivity index is 1.80. The highest BCUT2D eigenvalue weighted by Gasteiger charge is 2.28. The molecular formula is C16H20N4O2. The summed E-state index contributed by atoms with van der Waals surface area (Å²) in [6, 6.07) is 3.26. The van der Waals surface area contributed by atoms with Gasteiger partial charge in [0.25, 0.3) is 11.5 Å². The Morgan fingerprint density at radius 3 is 3.14 bits per heavy atom. The van der Waals surface area contributed by atoms with Crippen molar-refractivity contribution >= 4 is 5.91 Å². The van der Waals surface area contributed by atoms with Gasteiger partial charge in [0, 0.05) is 44.1 Å². The number of carbonyl (C=O) groups excluding carboxylic acids is 1. The van der Waals surface area contributed by atoms with Crippen molar-refractivity contribution in [3.05, 3.63) is 52.5 Å². The number of aromatic amines is 1. The molecular weight excluding hydrogens is 280 g/mol. The molecule has 1 aliphatic rings. The molecule has 3 heterocycles. The Hall–Kier alpha value is -2.37. The second-order valence-electron chi connectivity index (χ2n) is 5.57. The first kappa shape index (κ1) is 14.6. The van der Waals surface area contributed by atoms with Crippen LogP contribution >= 0.6 is 0 Å². The fraction of sp³-hybridized carbons (Fsp3) is 0.438. The lowest BCUT2D eigenvalue weighted by Gasteiger charge is -2.32. The third-order valence-corrected chi connectivity index (χ3v) is 4.21. The Bertz CT molecular complexity index is 719. The molecule has 0 aromatic carbocycles. The molecule has 22 heavy (non-hydrogen) atoms. The predicted molar refractivity (Wildman–Crippen MR) is 82.8 cm³/mol. The molecule has 3 rings (SSSR count). The standard InChI is InChI=1S/C16H20N4O2/c1-2-19-10-8-17-14(19)12-5-4-9-20(11-12)16(22)13-6-3-7-18-15(13)21/h3,6-8,10,12H,2,4-5,9,11H2,1H3,(H,18,21)/t12-/m1/s1. The van der Waals surface area contributed by atoms with Crippen molar-refractivity contribution in [1.82, 2.24) is 19.4 Å². The number of likely N-dealkylation sites (tertiary alicyclic amines) is 1. The number of amides is 1. The lowest BCUT2D eigenvalue weighted by atomic mass is 9.96. The highest BCUT2D eigenvalue weighted by molar-refractivity contribution is 5.93. The van der Waals surface area contributed by atoms with Crippen molar-refractivity contribution in [1.29, 1.82) is 0 Å². The monoisotopic (exact) mass is 300 g/mol. The van der Waals surface area contributed by atoms with Crippen molar-refractivity contribution in [2.24, 2.45) is 0 Å². The molecule has 116 valence electrons. The summed E-state index contributed by atoms with van der Waals surface area (Å²) < 4.78 is 2.12. The number of carbonyl (C=O) groups is 1. The van der Waals surface area contributed by atoms with E-state index >= 15 is 0 Å². The van der Waals surface area contributed by atoms with Gasteiger partial charge in [-0.15, -0.1) is 0 Å². The molecule has 0 aliphatic carbocycles. The van der Waals surface area contributed by atoms with E-state index in [1.807, 2.05) is 12.4 Å². The third-order valence-electron chi connectivity index (χ3n) is 4.21. The quantitative estimate of drug-likeness (QED) is 0.936. The van der Waals surface area contributed by atoms with Crippen LogP contribution in [0.2, 0.25) is 0 Å². The van der Waals surface area contributed by atoms with Gasteiger partial charge in [0.2, 0.25) is 0 Å². The molecule has 2 aromatic heterocycles. The molecule has 0 saturated carbocycles. The van der Waals surface area contributed by atoms with Crippen LogP contribution < -0.4 is 5.56 Å². The zero-order valence-corrected chi connectivity index (χ0v) is 12.7. The topological polar surface area (TPSA) is 71.0 Å². The van der Waals surface area contributed by atoms with Crippen LogP contribution in [-0.2, 0) is 6.54 Å². The molecule has 0 bridgehead atoms. The number of piperidine rings is 1. The average Bonchev–Trinajstić information content (AvgIpc) is 3.03. The molecule has 1 aliphatic heterocycles. The maximum atomic E-state index is 12.6. The third kappa shape index (κ3) is 2.68. The van der Waals surface area contributed by atoms with Crippen LogP contribution in [0.5, 0.6) is 0 Å². The maximum Gasteiger partial charge on any atom is 0.260 e. The number of aromatic nitrogens is 3. The molecule has 1 fully saturated rings. The molecule has 1 saturated heterocycles. The van der Waals surface area contributed by atoms with Gasteiger partial charge in [-0.3, -0.25) is 9.59 Å². The lowest BCUT2D eigenvalue weighted by Crippen LogP contribution is -2.41. The first-order valence-corrected chi connectivity index (χ1v) is 7.68. The summed E-state index contributed by atoms with van der Waals surface area (Å²) in [7, 11) is 0. The van der Waals surface area contributed by atoms with Crippen LogP contribution in [0, 0.1) is 0 Å². The molecule has 2 aromatic rings. The fourth-order valence-electron chi connectivity index (χ4n) is 3.08. The van der Waals surface area contributed by atoms with Crippen molar-refractivity contribution in [3.63, 3.8) is 0 Å². The van der Waals surface area contributed by atoms with Crippen LogP contribution in [-0.4, -0.2) is 38.4 Å². The molecule has 1 atom stereocenters. The number of imidazole rings is 1. The second-order valence-corrected chi connectivity index (χ2v) is 5.57. The number of hydrogen-bond donors (Lipinski definition) is 1. The number of H-pyrrole nitrogens is 1. The van der Waals surface area contributed by atoms with Crippen LogP contribution in [0.25, 0.3) is 0 Å². The minimum absolute atomic E-state index is 0.193. The van der Waals surface area contributed by atoms with Gasteiger partial charge in [-0.1, -0.05) is 0 Å². The first-order valence-electron chi connectivity index (χ1n) is 7.68. The van der Waals surface area contributed by atoms with Crippen LogP contribution in [0.15, 0.2) is 35.5 Å². The molecule has 6 nitrogen and oxygen atoms in total. The number of rotatable bonds is 3. The largest absolute Gasteiger partial charge is 0.338 e. The molecule has 6 heteroatoms. The zero-order chi connectivity index (χ0) is 15.5. The van der Waals surface area contributed by atoms with Crippen LogP contribution in [0.1, 0.15) is 41.9 Å². The summed E-state index contributed by atoms with van der Waals surface area (Å²) in [6.07, 6.45) is 7.26. The Kier molecular flexibility index (Phi) is 4.09. The van der Waals surface area contributed by atoms with E-state index in [1.54, 1.807) is 17.0 Å². The summed E-state index contributed by atoms with van der Waals surface area (Å²) in [5.41, 5.74) is -0.119. The number of nitrogens with zero attached hydrogens (tertiary/aromatic N) is 3. The summed E-state index contributed by atoms with van der Waals surface area (Å²) in [5.74, 6) is 1.07. The van der Waals surface area contributed by atoms with E-state index in [2.05, 4.69) is 21.5 Å². The molecule has 1 amide bonds. The normalized spacial score (nSPS) is 18.4. The highest BCUT2D eigenvalue weighted by atomic mass is 16.2. The number of hydrogen-bond acceptors (Lipinski definition) is 3. The van der Waals surface area contributed by atoms with Gasteiger partial charge in [-0.05, 0) is 31.9 Å². The number of nitrogens with one attached hydrogen (secondary N) is 1. The van der Waals surface area contributed by atoms with Crippen molar-refractivity contribution in [2.45, 2.75) is 32.2 Å². The minimum Gasteiger partial charge on any atom is -0.338 e. The van der Waals surface area contributed by atoms with E-state index in [0.29, 0.717) is 13.1 Å². The van der Waals surface area contributed by atoms with Gasteiger partial charge in [0.1, 0.15) is 11.4 Å². The van der Waals surface area contributed by atoms with Gasteiger partial charge in [0.05, 0.1) is 0 Å². The SMILES string of the molecule is CCn1ccnc1[C@@H]1CCCN(C(=O)c2ccc[nH]c2=O)C1. The van der Waals surface area contributed by atoms with Crippen molar-refractivity contribution in [3.8, 4) is 0 Å². The van der Waals surface area contributed by atoms with Crippen molar-refractivity contribution < 1.29 is 4.79 Å². The fourth-order valence-corrected chi connectivity index (χ4v) is 3.08. The molecule has 0 spiro atoms.